The molecule has 98 valence electrons. The van der Waals surface area contributed by atoms with Crippen molar-refractivity contribution in [3.05, 3.63) is 23.8 Å². The van der Waals surface area contributed by atoms with Crippen molar-refractivity contribution in [1.29, 1.82) is 0 Å². The van der Waals surface area contributed by atoms with Gasteiger partial charge in [-0.25, -0.2) is 0 Å². The third kappa shape index (κ3) is 2.61. The van der Waals surface area contributed by atoms with Gasteiger partial charge in [0.05, 0.1) is 6.61 Å². The van der Waals surface area contributed by atoms with Crippen molar-refractivity contribution >= 4 is 5.69 Å². The highest BCUT2D eigenvalue weighted by Gasteiger charge is 2.17. The SMILES string of the molecule is CN1CCC(CNc2ccc3c(c2)CCO3)CC1. The molecule has 0 bridgehead atoms. The van der Waals surface area contributed by atoms with Gasteiger partial charge in [-0.15, -0.1) is 0 Å². The zero-order valence-electron chi connectivity index (χ0n) is 11.1. The molecule has 3 nitrogen and oxygen atoms in total. The average Bonchev–Trinajstić information content (AvgIpc) is 2.85. The van der Waals surface area contributed by atoms with E-state index in [9.17, 15) is 0 Å². The summed E-state index contributed by atoms with van der Waals surface area (Å²) in [4.78, 5) is 2.42. The van der Waals surface area contributed by atoms with Crippen LogP contribution in [0.15, 0.2) is 18.2 Å². The predicted molar refractivity (Wildman–Crippen MR) is 74.4 cm³/mol. The van der Waals surface area contributed by atoms with Crippen LogP contribution >= 0.6 is 0 Å². The molecule has 1 aromatic carbocycles. The molecule has 0 unspecified atom stereocenters. The Bertz CT molecular complexity index is 411. The Morgan fingerprint density at radius 2 is 2.17 bits per heavy atom. The first-order chi connectivity index (χ1) is 8.81. The lowest BCUT2D eigenvalue weighted by molar-refractivity contribution is 0.226. The molecule has 0 spiro atoms. The van der Waals surface area contributed by atoms with Crippen LogP contribution in [0.25, 0.3) is 0 Å². The zero-order valence-corrected chi connectivity index (χ0v) is 11.1. The summed E-state index contributed by atoms with van der Waals surface area (Å²) in [5, 5.41) is 3.58. The molecule has 0 saturated carbocycles. The van der Waals surface area contributed by atoms with Gasteiger partial charge in [-0.3, -0.25) is 0 Å². The van der Waals surface area contributed by atoms with E-state index in [1.54, 1.807) is 0 Å². The van der Waals surface area contributed by atoms with Crippen LogP contribution in [0.3, 0.4) is 0 Å². The number of hydrogen-bond donors (Lipinski definition) is 1. The molecular weight excluding hydrogens is 224 g/mol. The van der Waals surface area contributed by atoms with Gasteiger partial charge in [-0.05, 0) is 62.7 Å². The van der Waals surface area contributed by atoms with Crippen molar-refractivity contribution in [2.24, 2.45) is 5.92 Å². The van der Waals surface area contributed by atoms with Gasteiger partial charge in [0.1, 0.15) is 5.75 Å². The van der Waals surface area contributed by atoms with Crippen LogP contribution in [0.2, 0.25) is 0 Å². The fourth-order valence-corrected chi connectivity index (χ4v) is 2.82. The van der Waals surface area contributed by atoms with E-state index in [0.717, 1.165) is 31.2 Å². The molecule has 0 amide bonds. The summed E-state index contributed by atoms with van der Waals surface area (Å²) in [6.07, 6.45) is 3.69. The van der Waals surface area contributed by atoms with Crippen molar-refractivity contribution in [3.8, 4) is 5.75 Å². The average molecular weight is 246 g/mol. The van der Waals surface area contributed by atoms with Crippen molar-refractivity contribution in [3.63, 3.8) is 0 Å². The Balaban J connectivity index is 1.54. The van der Waals surface area contributed by atoms with Crippen LogP contribution in [-0.4, -0.2) is 38.2 Å². The molecule has 2 aliphatic rings. The molecule has 2 heterocycles. The van der Waals surface area contributed by atoms with Crippen LogP contribution < -0.4 is 10.1 Å². The third-order valence-electron chi connectivity index (χ3n) is 4.12. The summed E-state index contributed by atoms with van der Waals surface area (Å²) >= 11 is 0. The highest BCUT2D eigenvalue weighted by Crippen LogP contribution is 2.28. The quantitative estimate of drug-likeness (QED) is 0.886. The van der Waals surface area contributed by atoms with E-state index in [0.29, 0.717) is 0 Å². The molecule has 3 rings (SSSR count). The Labute approximate surface area is 109 Å². The second-order valence-corrected chi connectivity index (χ2v) is 5.55. The maximum absolute atomic E-state index is 5.53. The number of likely N-dealkylation sites (tertiary alicyclic amines) is 1. The first-order valence-electron chi connectivity index (χ1n) is 6.99. The van der Waals surface area contributed by atoms with Gasteiger partial charge < -0.3 is 15.0 Å². The summed E-state index contributed by atoms with van der Waals surface area (Å²) in [5.41, 5.74) is 2.60. The molecule has 0 atom stereocenters. The molecule has 1 aromatic rings. The van der Waals surface area contributed by atoms with Crippen LogP contribution in [-0.2, 0) is 6.42 Å². The van der Waals surface area contributed by atoms with Gasteiger partial charge >= 0.3 is 0 Å². The molecule has 1 saturated heterocycles. The summed E-state index contributed by atoms with van der Waals surface area (Å²) in [5.74, 6) is 1.89. The van der Waals surface area contributed by atoms with E-state index in [2.05, 4.69) is 35.5 Å². The largest absolute Gasteiger partial charge is 0.493 e. The molecule has 18 heavy (non-hydrogen) atoms. The van der Waals surface area contributed by atoms with Crippen molar-refractivity contribution in [2.45, 2.75) is 19.3 Å². The summed E-state index contributed by atoms with van der Waals surface area (Å²) in [6, 6.07) is 6.48. The van der Waals surface area contributed by atoms with Gasteiger partial charge in [0.25, 0.3) is 0 Å². The van der Waals surface area contributed by atoms with Crippen molar-refractivity contribution < 1.29 is 4.74 Å². The Hall–Kier alpha value is -1.22. The second-order valence-electron chi connectivity index (χ2n) is 5.55. The minimum absolute atomic E-state index is 0.825. The minimum atomic E-state index is 0.825. The number of ether oxygens (including phenoxy) is 1. The van der Waals surface area contributed by atoms with Crippen LogP contribution in [0.5, 0.6) is 5.75 Å². The second kappa shape index (κ2) is 5.19. The molecular formula is C15H22N2O. The van der Waals surface area contributed by atoms with E-state index in [1.165, 1.54) is 37.2 Å². The monoisotopic (exact) mass is 246 g/mol. The van der Waals surface area contributed by atoms with E-state index in [-0.39, 0.29) is 0 Å². The highest BCUT2D eigenvalue weighted by molar-refractivity contribution is 5.52. The molecule has 1 fully saturated rings. The molecule has 0 aliphatic carbocycles. The number of benzene rings is 1. The topological polar surface area (TPSA) is 24.5 Å². The van der Waals surface area contributed by atoms with E-state index in [1.807, 2.05) is 0 Å². The summed E-state index contributed by atoms with van der Waals surface area (Å²) < 4.78 is 5.53. The normalized spacial score (nSPS) is 20.5. The Morgan fingerprint density at radius 1 is 1.33 bits per heavy atom. The number of piperidine rings is 1. The lowest BCUT2D eigenvalue weighted by atomic mass is 9.97. The summed E-state index contributed by atoms with van der Waals surface area (Å²) in [6.45, 7) is 4.43. The van der Waals surface area contributed by atoms with Crippen LogP contribution in [0.4, 0.5) is 5.69 Å². The highest BCUT2D eigenvalue weighted by atomic mass is 16.5. The van der Waals surface area contributed by atoms with Crippen molar-refractivity contribution in [1.82, 2.24) is 4.90 Å². The minimum Gasteiger partial charge on any atom is -0.493 e. The zero-order chi connectivity index (χ0) is 12.4. The van der Waals surface area contributed by atoms with Gasteiger partial charge in [0, 0.05) is 18.7 Å². The van der Waals surface area contributed by atoms with Crippen molar-refractivity contribution in [2.75, 3.05) is 38.6 Å². The molecule has 1 N–H and O–H groups in total. The Kier molecular flexibility index (Phi) is 3.41. The van der Waals surface area contributed by atoms with E-state index >= 15 is 0 Å². The Morgan fingerprint density at radius 3 is 3.00 bits per heavy atom. The van der Waals surface area contributed by atoms with Gasteiger partial charge in [-0.1, -0.05) is 0 Å². The lowest BCUT2D eigenvalue weighted by Crippen LogP contribution is -2.32. The number of anilines is 1. The fourth-order valence-electron chi connectivity index (χ4n) is 2.82. The number of nitrogens with one attached hydrogen (secondary N) is 1. The first kappa shape index (κ1) is 11.8. The lowest BCUT2D eigenvalue weighted by Gasteiger charge is -2.29. The third-order valence-corrected chi connectivity index (χ3v) is 4.12. The van der Waals surface area contributed by atoms with Crippen LogP contribution in [0, 0.1) is 5.92 Å². The van der Waals surface area contributed by atoms with Gasteiger partial charge in [0.15, 0.2) is 0 Å². The maximum Gasteiger partial charge on any atom is 0.122 e. The number of nitrogens with zero attached hydrogens (tertiary/aromatic N) is 1. The predicted octanol–water partition coefficient (Wildman–Crippen LogP) is 2.38. The number of hydrogen-bond acceptors (Lipinski definition) is 3. The van der Waals surface area contributed by atoms with Crippen LogP contribution in [0.1, 0.15) is 18.4 Å². The molecule has 0 aromatic heterocycles. The molecule has 2 aliphatic heterocycles. The standard InChI is InChI=1S/C15H22N2O/c1-17-7-4-12(5-8-17)11-16-14-2-3-15-13(10-14)6-9-18-15/h2-3,10,12,16H,4-9,11H2,1H3. The molecule has 3 heteroatoms. The van der Waals surface area contributed by atoms with E-state index in [4.69, 9.17) is 4.74 Å². The summed E-state index contributed by atoms with van der Waals surface area (Å²) in [7, 11) is 2.21. The van der Waals surface area contributed by atoms with Gasteiger partial charge in [0.2, 0.25) is 0 Å². The number of rotatable bonds is 3. The first-order valence-corrected chi connectivity index (χ1v) is 6.99. The fraction of sp³-hybridized carbons (Fsp3) is 0.600. The van der Waals surface area contributed by atoms with E-state index < -0.39 is 0 Å². The molecule has 0 radical (unpaired) electrons. The maximum atomic E-state index is 5.53. The smallest absolute Gasteiger partial charge is 0.122 e. The number of fused-ring (bicyclic) bond motifs is 1. The van der Waals surface area contributed by atoms with Gasteiger partial charge in [-0.2, -0.15) is 0 Å².